The minimum Gasteiger partial charge on any atom is -0.497 e. The summed E-state index contributed by atoms with van der Waals surface area (Å²) in [5.74, 6) is 1.62. The van der Waals surface area contributed by atoms with Gasteiger partial charge in [-0.2, -0.15) is 0 Å². The average Bonchev–Trinajstić information content (AvgIpc) is 3.20. The van der Waals surface area contributed by atoms with Crippen molar-refractivity contribution in [3.8, 4) is 11.5 Å². The van der Waals surface area contributed by atoms with Gasteiger partial charge in [-0.05, 0) is 41.5 Å². The maximum absolute atomic E-state index is 13.2. The van der Waals surface area contributed by atoms with Crippen LogP contribution in [0.2, 0.25) is 0 Å². The number of hydrogen-bond donors (Lipinski definition) is 0. The van der Waals surface area contributed by atoms with Crippen LogP contribution in [0.15, 0.2) is 35.7 Å². The molecule has 1 aliphatic heterocycles. The molecule has 1 atom stereocenters. The van der Waals surface area contributed by atoms with Gasteiger partial charge in [0.2, 0.25) is 11.8 Å². The largest absolute Gasteiger partial charge is 0.497 e. The van der Waals surface area contributed by atoms with Crippen molar-refractivity contribution in [2.45, 2.75) is 33.2 Å². The van der Waals surface area contributed by atoms with Crippen molar-refractivity contribution >= 4 is 23.2 Å². The van der Waals surface area contributed by atoms with Crippen molar-refractivity contribution in [1.82, 2.24) is 9.80 Å². The Kier molecular flexibility index (Phi) is 7.37. The van der Waals surface area contributed by atoms with Crippen LogP contribution in [0.5, 0.6) is 11.5 Å². The van der Waals surface area contributed by atoms with Crippen LogP contribution >= 0.6 is 11.3 Å². The third-order valence-electron chi connectivity index (χ3n) is 5.22. The summed E-state index contributed by atoms with van der Waals surface area (Å²) >= 11 is 1.72. The second-order valence-corrected chi connectivity index (χ2v) is 8.94. The Morgan fingerprint density at radius 2 is 2.03 bits per heavy atom. The van der Waals surface area contributed by atoms with Gasteiger partial charge in [0.1, 0.15) is 18.1 Å². The van der Waals surface area contributed by atoms with Crippen LogP contribution in [0.1, 0.15) is 37.3 Å². The maximum atomic E-state index is 13.2. The van der Waals surface area contributed by atoms with Crippen molar-refractivity contribution in [1.29, 1.82) is 0 Å². The zero-order valence-electron chi connectivity index (χ0n) is 18.1. The van der Waals surface area contributed by atoms with Crippen LogP contribution in [0.3, 0.4) is 0 Å². The summed E-state index contributed by atoms with van der Waals surface area (Å²) in [7, 11) is 1.62. The number of carbonyl (C=O) groups excluding carboxylic acids is 2. The van der Waals surface area contributed by atoms with Crippen LogP contribution in [0.4, 0.5) is 0 Å². The first-order valence-corrected chi connectivity index (χ1v) is 11.1. The Bertz CT molecular complexity index is 880. The molecule has 1 aromatic heterocycles. The molecule has 1 aliphatic rings. The first-order chi connectivity index (χ1) is 14.4. The number of ether oxygens (including phenoxy) is 2. The van der Waals surface area contributed by atoms with Crippen molar-refractivity contribution < 1.29 is 19.1 Å². The van der Waals surface area contributed by atoms with Crippen molar-refractivity contribution in [3.05, 3.63) is 46.2 Å². The summed E-state index contributed by atoms with van der Waals surface area (Å²) in [6.07, 6.45) is 0.832. The smallest absolute Gasteiger partial charge is 0.242 e. The van der Waals surface area contributed by atoms with Gasteiger partial charge < -0.3 is 19.3 Å². The molecule has 1 aromatic carbocycles. The molecule has 0 N–H and O–H groups in total. The molecular formula is C23H30N2O4S. The number of hydrogen-bond acceptors (Lipinski definition) is 5. The standard InChI is InChI=1S/C23H30N2O4S/c1-16(2)13-24(17(3)26)14-23(27)25-10-8-22-20(9-11-30-22)21(25)15-29-19-7-5-6-18(12-19)28-4/h5-7,9,11-12,16,21H,8,10,13-15H2,1-4H3. The van der Waals surface area contributed by atoms with Gasteiger partial charge in [0.05, 0.1) is 19.7 Å². The molecule has 0 radical (unpaired) electrons. The summed E-state index contributed by atoms with van der Waals surface area (Å²) in [5.41, 5.74) is 1.14. The molecule has 0 saturated carbocycles. The van der Waals surface area contributed by atoms with Gasteiger partial charge in [0.25, 0.3) is 0 Å². The molecule has 6 nitrogen and oxygen atoms in total. The third kappa shape index (κ3) is 5.33. The zero-order valence-corrected chi connectivity index (χ0v) is 18.9. The lowest BCUT2D eigenvalue weighted by molar-refractivity contribution is -0.142. The number of methoxy groups -OCH3 is 1. The predicted octanol–water partition coefficient (Wildman–Crippen LogP) is 3.77. The summed E-state index contributed by atoms with van der Waals surface area (Å²) in [6, 6.07) is 9.37. The maximum Gasteiger partial charge on any atom is 0.242 e. The van der Waals surface area contributed by atoms with Crippen LogP contribution in [-0.4, -0.2) is 55.0 Å². The molecule has 7 heteroatoms. The van der Waals surface area contributed by atoms with Gasteiger partial charge in [-0.3, -0.25) is 9.59 Å². The molecule has 2 heterocycles. The molecular weight excluding hydrogens is 400 g/mol. The number of amides is 2. The van der Waals surface area contributed by atoms with E-state index in [1.165, 1.54) is 11.8 Å². The summed E-state index contributed by atoms with van der Waals surface area (Å²) in [4.78, 5) is 30.0. The molecule has 0 aliphatic carbocycles. The highest BCUT2D eigenvalue weighted by atomic mass is 32.1. The SMILES string of the molecule is COc1cccc(OCC2c3ccsc3CCN2C(=O)CN(CC(C)C)C(C)=O)c1. The third-order valence-corrected chi connectivity index (χ3v) is 6.22. The van der Waals surface area contributed by atoms with Gasteiger partial charge in [0, 0.05) is 31.0 Å². The molecule has 0 spiro atoms. The van der Waals surface area contributed by atoms with Crippen molar-refractivity contribution in [3.63, 3.8) is 0 Å². The average molecular weight is 431 g/mol. The monoisotopic (exact) mass is 430 g/mol. The van der Waals surface area contributed by atoms with E-state index in [1.54, 1.807) is 23.3 Å². The first-order valence-electron chi connectivity index (χ1n) is 10.3. The second-order valence-electron chi connectivity index (χ2n) is 7.94. The number of nitrogens with zero attached hydrogens (tertiary/aromatic N) is 2. The first kappa shape index (κ1) is 22.2. The van der Waals surface area contributed by atoms with Crippen molar-refractivity contribution in [2.75, 3.05) is 33.4 Å². The lowest BCUT2D eigenvalue weighted by Gasteiger charge is -2.37. The number of carbonyl (C=O) groups is 2. The Morgan fingerprint density at radius 3 is 2.73 bits per heavy atom. The fourth-order valence-corrected chi connectivity index (χ4v) is 4.67. The van der Waals surface area contributed by atoms with E-state index in [-0.39, 0.29) is 24.4 Å². The molecule has 1 unspecified atom stereocenters. The minimum absolute atomic E-state index is 0.0399. The summed E-state index contributed by atoms with van der Waals surface area (Å²) < 4.78 is 11.3. The number of rotatable bonds is 8. The van der Waals surface area contributed by atoms with Gasteiger partial charge in [0.15, 0.2) is 0 Å². The van der Waals surface area contributed by atoms with E-state index in [0.717, 1.165) is 17.7 Å². The lowest BCUT2D eigenvalue weighted by atomic mass is 10.0. The molecule has 0 fully saturated rings. The lowest BCUT2D eigenvalue weighted by Crippen LogP contribution is -2.48. The van der Waals surface area contributed by atoms with Crippen LogP contribution in [-0.2, 0) is 16.0 Å². The molecule has 2 aromatic rings. The van der Waals surface area contributed by atoms with Crippen molar-refractivity contribution in [2.24, 2.45) is 5.92 Å². The quantitative estimate of drug-likeness (QED) is 0.640. The topological polar surface area (TPSA) is 59.1 Å². The summed E-state index contributed by atoms with van der Waals surface area (Å²) in [6.45, 7) is 7.27. The van der Waals surface area contributed by atoms with Gasteiger partial charge in [-0.15, -0.1) is 11.3 Å². The van der Waals surface area contributed by atoms with E-state index in [2.05, 4.69) is 11.4 Å². The Labute approximate surface area is 182 Å². The fraction of sp³-hybridized carbons (Fsp3) is 0.478. The number of benzene rings is 1. The van der Waals surface area contributed by atoms with E-state index >= 15 is 0 Å². The molecule has 30 heavy (non-hydrogen) atoms. The normalized spacial score (nSPS) is 15.6. The van der Waals surface area contributed by atoms with Gasteiger partial charge in [-0.25, -0.2) is 0 Å². The summed E-state index contributed by atoms with van der Waals surface area (Å²) in [5, 5.41) is 2.07. The van der Waals surface area contributed by atoms with E-state index in [4.69, 9.17) is 9.47 Å². The Morgan fingerprint density at radius 1 is 1.27 bits per heavy atom. The van der Waals surface area contributed by atoms with Gasteiger partial charge in [-0.1, -0.05) is 19.9 Å². The Hall–Kier alpha value is -2.54. The molecule has 3 rings (SSSR count). The number of fused-ring (bicyclic) bond motifs is 1. The molecule has 0 bridgehead atoms. The molecule has 2 amide bonds. The predicted molar refractivity (Wildman–Crippen MR) is 118 cm³/mol. The highest BCUT2D eigenvalue weighted by Gasteiger charge is 2.33. The molecule has 162 valence electrons. The van der Waals surface area contributed by atoms with Crippen LogP contribution in [0.25, 0.3) is 0 Å². The minimum atomic E-state index is -0.174. The Balaban J connectivity index is 1.76. The highest BCUT2D eigenvalue weighted by molar-refractivity contribution is 7.10. The van der Waals surface area contributed by atoms with E-state index < -0.39 is 0 Å². The van der Waals surface area contributed by atoms with Crippen LogP contribution in [0, 0.1) is 5.92 Å². The highest BCUT2D eigenvalue weighted by Crippen LogP contribution is 2.34. The molecule has 0 saturated heterocycles. The van der Waals surface area contributed by atoms with E-state index in [9.17, 15) is 9.59 Å². The van der Waals surface area contributed by atoms with Gasteiger partial charge >= 0.3 is 0 Å². The van der Waals surface area contributed by atoms with Crippen LogP contribution < -0.4 is 9.47 Å². The van der Waals surface area contributed by atoms with E-state index in [1.807, 2.05) is 43.0 Å². The number of thiophene rings is 1. The fourth-order valence-electron chi connectivity index (χ4n) is 3.74. The zero-order chi connectivity index (χ0) is 21.7. The second kappa shape index (κ2) is 9.98. The van der Waals surface area contributed by atoms with E-state index in [0.29, 0.717) is 31.4 Å².